The summed E-state index contributed by atoms with van der Waals surface area (Å²) in [5.41, 5.74) is 5.33. The van der Waals surface area contributed by atoms with Crippen molar-refractivity contribution in [2.45, 2.75) is 57.4 Å². The molecule has 3 aliphatic heterocycles. The Kier molecular flexibility index (Phi) is 6.54. The van der Waals surface area contributed by atoms with Crippen molar-refractivity contribution in [3.05, 3.63) is 63.7 Å². The Morgan fingerprint density at radius 3 is 2.74 bits per heavy atom. The van der Waals surface area contributed by atoms with Crippen LogP contribution in [0.4, 0.5) is 0 Å². The van der Waals surface area contributed by atoms with Crippen LogP contribution in [-0.4, -0.2) is 49.1 Å². The van der Waals surface area contributed by atoms with Crippen LogP contribution < -0.4 is 4.74 Å². The summed E-state index contributed by atoms with van der Waals surface area (Å²) in [6.45, 7) is 8.80. The van der Waals surface area contributed by atoms with Gasteiger partial charge in [0.05, 0.1) is 6.61 Å². The molecule has 1 unspecified atom stereocenters. The SMILES string of the molecule is Cc1ccc([C@H]2CN3CCCC3c3cccc(OCCCN4CCCCC4)c32)cc1Cl. The molecule has 5 rings (SSSR count). The third-order valence-corrected chi connectivity index (χ3v) is 7.92. The second-order valence-corrected chi connectivity index (χ2v) is 9.98. The van der Waals surface area contributed by atoms with Crippen LogP contribution in [0.3, 0.4) is 0 Å². The molecule has 2 aromatic rings. The second-order valence-electron chi connectivity index (χ2n) is 9.58. The van der Waals surface area contributed by atoms with E-state index in [4.69, 9.17) is 16.3 Å². The number of aryl methyl sites for hydroxylation is 1. The van der Waals surface area contributed by atoms with Crippen molar-refractivity contribution in [2.24, 2.45) is 0 Å². The molecular weight excluding hydrogens is 404 g/mol. The molecule has 0 bridgehead atoms. The average Bonchev–Trinajstić information content (AvgIpc) is 3.28. The topological polar surface area (TPSA) is 15.7 Å². The molecule has 4 heteroatoms. The molecule has 2 aromatic carbocycles. The first-order chi connectivity index (χ1) is 15.2. The van der Waals surface area contributed by atoms with Gasteiger partial charge in [0.1, 0.15) is 5.75 Å². The Bertz CT molecular complexity index is 908. The Balaban J connectivity index is 1.38. The number of fused-ring (bicyclic) bond motifs is 3. The molecule has 0 aliphatic carbocycles. The first-order valence-corrected chi connectivity index (χ1v) is 12.6. The highest BCUT2D eigenvalue weighted by atomic mass is 35.5. The van der Waals surface area contributed by atoms with Crippen LogP contribution in [0.5, 0.6) is 5.75 Å². The summed E-state index contributed by atoms with van der Waals surface area (Å²) in [5.74, 6) is 1.41. The van der Waals surface area contributed by atoms with Gasteiger partial charge in [0.25, 0.3) is 0 Å². The highest BCUT2D eigenvalue weighted by Gasteiger charge is 2.38. The molecule has 0 spiro atoms. The molecule has 2 saturated heterocycles. The summed E-state index contributed by atoms with van der Waals surface area (Å²) in [4.78, 5) is 5.27. The maximum atomic E-state index is 6.54. The Morgan fingerprint density at radius 2 is 1.90 bits per heavy atom. The number of rotatable bonds is 6. The zero-order chi connectivity index (χ0) is 21.2. The van der Waals surface area contributed by atoms with Crippen molar-refractivity contribution < 1.29 is 4.74 Å². The second kappa shape index (κ2) is 9.52. The fraction of sp³-hybridized carbons (Fsp3) is 0.556. The number of piperidine rings is 1. The minimum atomic E-state index is 0.320. The van der Waals surface area contributed by atoms with Crippen LogP contribution in [0.25, 0.3) is 0 Å². The van der Waals surface area contributed by atoms with E-state index in [1.54, 1.807) is 0 Å². The van der Waals surface area contributed by atoms with Gasteiger partial charge in [-0.2, -0.15) is 0 Å². The van der Waals surface area contributed by atoms with Crippen molar-refractivity contribution in [3.8, 4) is 5.75 Å². The van der Waals surface area contributed by atoms with Crippen LogP contribution in [0, 0.1) is 6.92 Å². The monoisotopic (exact) mass is 438 g/mol. The highest BCUT2D eigenvalue weighted by Crippen LogP contribution is 2.47. The van der Waals surface area contributed by atoms with Crippen molar-refractivity contribution in [3.63, 3.8) is 0 Å². The molecule has 166 valence electrons. The minimum absolute atomic E-state index is 0.320. The molecule has 3 heterocycles. The largest absolute Gasteiger partial charge is 0.493 e. The van der Waals surface area contributed by atoms with E-state index in [2.05, 4.69) is 53.1 Å². The van der Waals surface area contributed by atoms with Gasteiger partial charge in [-0.25, -0.2) is 0 Å². The van der Waals surface area contributed by atoms with Crippen molar-refractivity contribution >= 4 is 11.6 Å². The van der Waals surface area contributed by atoms with Gasteiger partial charge < -0.3 is 9.64 Å². The number of nitrogens with zero attached hydrogens (tertiary/aromatic N) is 2. The van der Waals surface area contributed by atoms with Gasteiger partial charge in [-0.3, -0.25) is 4.90 Å². The van der Waals surface area contributed by atoms with E-state index >= 15 is 0 Å². The van der Waals surface area contributed by atoms with E-state index < -0.39 is 0 Å². The lowest BCUT2D eigenvalue weighted by molar-refractivity contribution is 0.200. The van der Waals surface area contributed by atoms with Gasteiger partial charge in [-0.05, 0) is 87.5 Å². The van der Waals surface area contributed by atoms with E-state index in [0.29, 0.717) is 12.0 Å². The summed E-state index contributed by atoms with van der Waals surface area (Å²) < 4.78 is 6.47. The Morgan fingerprint density at radius 1 is 1.03 bits per heavy atom. The molecule has 2 fully saturated rings. The number of halogens is 1. The van der Waals surface area contributed by atoms with Crippen molar-refractivity contribution in [1.29, 1.82) is 0 Å². The van der Waals surface area contributed by atoms with Crippen LogP contribution >= 0.6 is 11.6 Å². The summed E-state index contributed by atoms with van der Waals surface area (Å²) in [7, 11) is 0. The first kappa shape index (κ1) is 21.3. The molecule has 0 aromatic heterocycles. The molecule has 0 saturated carbocycles. The number of hydrogen-bond donors (Lipinski definition) is 0. The minimum Gasteiger partial charge on any atom is -0.493 e. The Hall–Kier alpha value is -1.55. The smallest absolute Gasteiger partial charge is 0.123 e. The number of hydrogen-bond acceptors (Lipinski definition) is 3. The molecule has 3 aliphatic rings. The van der Waals surface area contributed by atoms with E-state index in [0.717, 1.165) is 42.5 Å². The van der Waals surface area contributed by atoms with E-state index in [1.165, 1.54) is 68.4 Å². The van der Waals surface area contributed by atoms with Gasteiger partial charge in [0, 0.05) is 35.6 Å². The van der Waals surface area contributed by atoms with Crippen LogP contribution in [0.2, 0.25) is 5.02 Å². The maximum absolute atomic E-state index is 6.54. The predicted molar refractivity (Wildman–Crippen MR) is 128 cm³/mol. The lowest BCUT2D eigenvalue weighted by Gasteiger charge is -2.38. The third-order valence-electron chi connectivity index (χ3n) is 7.51. The molecule has 3 nitrogen and oxygen atoms in total. The highest BCUT2D eigenvalue weighted by molar-refractivity contribution is 6.31. The number of ether oxygens (including phenoxy) is 1. The van der Waals surface area contributed by atoms with E-state index in [1.807, 2.05) is 0 Å². The van der Waals surface area contributed by atoms with Gasteiger partial charge in [-0.1, -0.05) is 42.3 Å². The quantitative estimate of drug-likeness (QED) is 0.500. The zero-order valence-corrected chi connectivity index (χ0v) is 19.5. The van der Waals surface area contributed by atoms with Crippen molar-refractivity contribution in [2.75, 3.05) is 39.3 Å². The molecule has 31 heavy (non-hydrogen) atoms. The lowest BCUT2D eigenvalue weighted by atomic mass is 9.81. The van der Waals surface area contributed by atoms with Crippen molar-refractivity contribution in [1.82, 2.24) is 9.80 Å². The lowest BCUT2D eigenvalue weighted by Crippen LogP contribution is -2.35. The zero-order valence-electron chi connectivity index (χ0n) is 18.8. The van der Waals surface area contributed by atoms with E-state index in [-0.39, 0.29) is 0 Å². The normalized spacial score (nSPS) is 24.1. The van der Waals surface area contributed by atoms with Gasteiger partial charge in [0.2, 0.25) is 0 Å². The fourth-order valence-electron chi connectivity index (χ4n) is 5.82. The number of benzene rings is 2. The fourth-order valence-corrected chi connectivity index (χ4v) is 6.01. The molecule has 0 N–H and O–H groups in total. The molecular formula is C27H35ClN2O. The third kappa shape index (κ3) is 4.51. The number of likely N-dealkylation sites (tertiary alicyclic amines) is 1. The molecule has 0 amide bonds. The summed E-state index contributed by atoms with van der Waals surface area (Å²) >= 11 is 6.54. The molecule has 0 radical (unpaired) electrons. The van der Waals surface area contributed by atoms with Gasteiger partial charge >= 0.3 is 0 Å². The summed E-state index contributed by atoms with van der Waals surface area (Å²) in [6.07, 6.45) is 7.74. The summed E-state index contributed by atoms with van der Waals surface area (Å²) in [5, 5.41) is 0.863. The predicted octanol–water partition coefficient (Wildman–Crippen LogP) is 6.19. The standard InChI is InChI=1S/C27H35ClN2O/c1-20-11-12-21(18-24(20)28)23-19-30-16-6-9-25(30)22-8-5-10-26(27(22)23)31-17-7-15-29-13-3-2-4-14-29/h5,8,10-12,18,23,25H,2-4,6-7,9,13-17,19H2,1H3/t23-,25?/m1/s1. The van der Waals surface area contributed by atoms with Gasteiger partial charge in [-0.15, -0.1) is 0 Å². The van der Waals surface area contributed by atoms with Crippen LogP contribution in [0.1, 0.15) is 72.7 Å². The van der Waals surface area contributed by atoms with E-state index in [9.17, 15) is 0 Å². The first-order valence-electron chi connectivity index (χ1n) is 12.2. The molecule has 2 atom stereocenters. The average molecular weight is 439 g/mol. The Labute approximate surface area is 192 Å². The van der Waals surface area contributed by atoms with Crippen LogP contribution in [-0.2, 0) is 0 Å². The maximum Gasteiger partial charge on any atom is 0.123 e. The van der Waals surface area contributed by atoms with Crippen LogP contribution in [0.15, 0.2) is 36.4 Å². The summed E-state index contributed by atoms with van der Waals surface area (Å²) in [6, 6.07) is 13.9. The van der Waals surface area contributed by atoms with Gasteiger partial charge in [0.15, 0.2) is 0 Å².